The molecule has 21 heavy (non-hydrogen) atoms. The van der Waals surface area contributed by atoms with E-state index < -0.39 is 11.1 Å². The summed E-state index contributed by atoms with van der Waals surface area (Å²) < 4.78 is 5.22. The number of rotatable bonds is 5. The van der Waals surface area contributed by atoms with Crippen LogP contribution in [0.5, 0.6) is 5.75 Å². The van der Waals surface area contributed by atoms with E-state index in [1.54, 1.807) is 7.11 Å². The van der Waals surface area contributed by atoms with Gasteiger partial charge in [-0.15, -0.1) is 0 Å². The average molecular weight is 292 g/mol. The lowest BCUT2D eigenvalue weighted by atomic mass is 9.67. The molecule has 2 rings (SSSR count). The summed E-state index contributed by atoms with van der Waals surface area (Å²) in [5.41, 5.74) is 6.16. The minimum absolute atomic E-state index is 0.621. The predicted octanol–water partition coefficient (Wildman–Crippen LogP) is 2.11. The smallest absolute Gasteiger partial charge is 0.118 e. The zero-order chi connectivity index (χ0) is 15.5. The molecule has 0 saturated heterocycles. The predicted molar refractivity (Wildman–Crippen MR) is 85.4 cm³/mol. The van der Waals surface area contributed by atoms with Gasteiger partial charge in [-0.05, 0) is 44.6 Å². The first-order chi connectivity index (χ1) is 9.91. The lowest BCUT2D eigenvalue weighted by Crippen LogP contribution is -2.63. The quantitative estimate of drug-likeness (QED) is 0.872. The van der Waals surface area contributed by atoms with Gasteiger partial charge in [-0.25, -0.2) is 0 Å². The van der Waals surface area contributed by atoms with Crippen LogP contribution in [0.4, 0.5) is 0 Å². The Bertz CT molecular complexity index is 452. The second-order valence-electron chi connectivity index (χ2n) is 6.53. The number of hydrogen-bond donors (Lipinski definition) is 2. The summed E-state index contributed by atoms with van der Waals surface area (Å²) in [5.74, 6) is 0.807. The number of hydrogen-bond acceptors (Lipinski definition) is 4. The van der Waals surface area contributed by atoms with Crippen molar-refractivity contribution in [1.29, 1.82) is 0 Å². The van der Waals surface area contributed by atoms with Crippen molar-refractivity contribution in [2.45, 2.75) is 43.2 Å². The van der Waals surface area contributed by atoms with Gasteiger partial charge < -0.3 is 20.5 Å². The van der Waals surface area contributed by atoms with E-state index in [1.807, 2.05) is 38.4 Å². The van der Waals surface area contributed by atoms with Gasteiger partial charge in [0.25, 0.3) is 0 Å². The van der Waals surface area contributed by atoms with Gasteiger partial charge in [0.15, 0.2) is 0 Å². The molecular weight excluding hydrogens is 264 g/mol. The molecule has 1 aromatic carbocycles. The normalized spacial score (nSPS) is 21.0. The van der Waals surface area contributed by atoms with Crippen LogP contribution in [0.3, 0.4) is 0 Å². The molecule has 0 unspecified atom stereocenters. The summed E-state index contributed by atoms with van der Waals surface area (Å²) in [6, 6.07) is 7.79. The van der Waals surface area contributed by atoms with Crippen molar-refractivity contribution in [3.05, 3.63) is 29.8 Å². The van der Waals surface area contributed by atoms with E-state index in [9.17, 15) is 5.11 Å². The van der Waals surface area contributed by atoms with Crippen molar-refractivity contribution in [3.63, 3.8) is 0 Å². The number of methoxy groups -OCH3 is 1. The van der Waals surface area contributed by atoms with Crippen LogP contribution in [0.25, 0.3) is 0 Å². The lowest BCUT2D eigenvalue weighted by molar-refractivity contribution is -0.0753. The minimum atomic E-state index is -0.843. The van der Waals surface area contributed by atoms with E-state index in [0.717, 1.165) is 37.0 Å². The summed E-state index contributed by atoms with van der Waals surface area (Å²) in [7, 11) is 5.65. The Morgan fingerprint density at radius 3 is 2.24 bits per heavy atom. The zero-order valence-electron chi connectivity index (χ0n) is 13.4. The van der Waals surface area contributed by atoms with Crippen molar-refractivity contribution in [3.8, 4) is 5.75 Å². The third kappa shape index (κ3) is 3.23. The van der Waals surface area contributed by atoms with Crippen LogP contribution in [0, 0.1) is 0 Å². The molecule has 1 atom stereocenters. The first-order valence-electron chi connectivity index (χ1n) is 7.72. The third-order valence-corrected chi connectivity index (χ3v) is 4.68. The molecule has 1 aromatic rings. The van der Waals surface area contributed by atoms with E-state index in [4.69, 9.17) is 10.5 Å². The number of benzene rings is 1. The molecule has 0 spiro atoms. The minimum Gasteiger partial charge on any atom is -0.497 e. The summed E-state index contributed by atoms with van der Waals surface area (Å²) >= 11 is 0. The zero-order valence-corrected chi connectivity index (χ0v) is 13.4. The lowest BCUT2D eigenvalue weighted by Gasteiger charge is -2.48. The van der Waals surface area contributed by atoms with Gasteiger partial charge >= 0.3 is 0 Å². The van der Waals surface area contributed by atoms with Crippen LogP contribution in [0.1, 0.15) is 37.7 Å². The fraction of sp³-hybridized carbons (Fsp3) is 0.647. The molecule has 0 radical (unpaired) electrons. The van der Waals surface area contributed by atoms with Crippen LogP contribution in [0.15, 0.2) is 24.3 Å². The number of ether oxygens (including phenoxy) is 1. The van der Waals surface area contributed by atoms with Crippen molar-refractivity contribution >= 4 is 0 Å². The van der Waals surface area contributed by atoms with Gasteiger partial charge in [-0.1, -0.05) is 31.4 Å². The molecule has 1 aliphatic rings. The Balaban J connectivity index is 2.39. The molecule has 0 aliphatic heterocycles. The number of nitrogens with zero attached hydrogens (tertiary/aromatic N) is 1. The van der Waals surface area contributed by atoms with E-state index in [1.165, 1.54) is 6.42 Å². The second-order valence-corrected chi connectivity index (χ2v) is 6.53. The molecule has 118 valence electrons. The molecule has 1 saturated carbocycles. The van der Waals surface area contributed by atoms with Crippen molar-refractivity contribution in [2.24, 2.45) is 5.73 Å². The summed E-state index contributed by atoms with van der Waals surface area (Å²) in [5, 5.41) is 11.2. The van der Waals surface area contributed by atoms with Crippen LogP contribution < -0.4 is 10.5 Å². The number of aliphatic hydroxyl groups is 1. The molecule has 0 amide bonds. The van der Waals surface area contributed by atoms with Crippen LogP contribution in [-0.4, -0.2) is 43.4 Å². The first-order valence-corrected chi connectivity index (χ1v) is 7.72. The molecule has 3 N–H and O–H groups in total. The van der Waals surface area contributed by atoms with Gasteiger partial charge in [0.2, 0.25) is 0 Å². The molecule has 1 aliphatic carbocycles. The molecular formula is C17H28N2O2. The van der Waals surface area contributed by atoms with Crippen molar-refractivity contribution in [2.75, 3.05) is 27.7 Å². The largest absolute Gasteiger partial charge is 0.497 e. The van der Waals surface area contributed by atoms with E-state index in [2.05, 4.69) is 4.90 Å². The van der Waals surface area contributed by atoms with Gasteiger partial charge in [0, 0.05) is 6.54 Å². The standard InChI is InChI=1S/C17H28N2O2/c1-19(2)13-17(18,16(20)11-5-4-6-12-16)14-7-9-15(21-3)10-8-14/h7-10,20H,4-6,11-13,18H2,1-3H3/t17-/m1/s1. The summed E-state index contributed by atoms with van der Waals surface area (Å²) in [4.78, 5) is 2.05. The van der Waals surface area contributed by atoms with Gasteiger partial charge in [-0.3, -0.25) is 0 Å². The van der Waals surface area contributed by atoms with E-state index >= 15 is 0 Å². The maximum Gasteiger partial charge on any atom is 0.118 e. The SMILES string of the molecule is COc1ccc([C@](N)(CN(C)C)C2(O)CCCCC2)cc1. The van der Waals surface area contributed by atoms with E-state index in [-0.39, 0.29) is 0 Å². The Kier molecular flexibility index (Phi) is 4.91. The third-order valence-electron chi connectivity index (χ3n) is 4.68. The second kappa shape index (κ2) is 6.34. The molecule has 4 nitrogen and oxygen atoms in total. The van der Waals surface area contributed by atoms with Crippen LogP contribution in [0.2, 0.25) is 0 Å². The maximum absolute atomic E-state index is 11.2. The molecule has 4 heteroatoms. The number of nitrogens with two attached hydrogens (primary N) is 1. The molecule has 1 fully saturated rings. The fourth-order valence-corrected chi connectivity index (χ4v) is 3.48. The Labute approximate surface area is 127 Å². The number of likely N-dealkylation sites (N-methyl/N-ethyl adjacent to an activating group) is 1. The molecule has 0 bridgehead atoms. The van der Waals surface area contributed by atoms with Crippen molar-refractivity contribution < 1.29 is 9.84 Å². The van der Waals surface area contributed by atoms with Crippen molar-refractivity contribution in [1.82, 2.24) is 4.90 Å². The Morgan fingerprint density at radius 1 is 1.19 bits per heavy atom. The Morgan fingerprint density at radius 2 is 1.76 bits per heavy atom. The van der Waals surface area contributed by atoms with E-state index in [0.29, 0.717) is 6.54 Å². The topological polar surface area (TPSA) is 58.7 Å². The monoisotopic (exact) mass is 292 g/mol. The molecule has 0 heterocycles. The highest BCUT2D eigenvalue weighted by Crippen LogP contribution is 2.42. The summed E-state index contributed by atoms with van der Waals surface area (Å²) in [6.45, 7) is 0.621. The highest BCUT2D eigenvalue weighted by atomic mass is 16.5. The Hall–Kier alpha value is -1.10. The molecule has 0 aromatic heterocycles. The summed E-state index contributed by atoms with van der Waals surface area (Å²) in [6.07, 6.45) is 4.80. The average Bonchev–Trinajstić information content (AvgIpc) is 2.47. The highest BCUT2D eigenvalue weighted by molar-refractivity contribution is 5.35. The van der Waals surface area contributed by atoms with Gasteiger partial charge in [0.05, 0.1) is 18.2 Å². The van der Waals surface area contributed by atoms with Crippen LogP contribution >= 0.6 is 0 Å². The van der Waals surface area contributed by atoms with Gasteiger partial charge in [0.1, 0.15) is 5.75 Å². The van der Waals surface area contributed by atoms with Crippen LogP contribution in [-0.2, 0) is 5.54 Å². The maximum atomic E-state index is 11.2. The first kappa shape index (κ1) is 16.3. The highest BCUT2D eigenvalue weighted by Gasteiger charge is 2.49. The fourth-order valence-electron chi connectivity index (χ4n) is 3.48. The van der Waals surface area contributed by atoms with Gasteiger partial charge in [-0.2, -0.15) is 0 Å².